The molecule has 4 amide bonds. The van der Waals surface area contributed by atoms with E-state index in [4.69, 9.17) is 4.74 Å². The van der Waals surface area contributed by atoms with Crippen molar-refractivity contribution in [1.29, 1.82) is 0 Å². The summed E-state index contributed by atoms with van der Waals surface area (Å²) in [6.45, 7) is 19.8. The average Bonchev–Trinajstić information content (AvgIpc) is 3.33. The maximum atomic E-state index is 15.1. The number of aromatic nitrogens is 4. The molecule has 0 radical (unpaired) electrons. The molecule has 2 N–H and O–H groups in total. The van der Waals surface area contributed by atoms with Crippen LogP contribution in [0.4, 0.5) is 14.9 Å². The Morgan fingerprint density at radius 3 is 2.22 bits per heavy atom. The number of hydrogen-bond donors (Lipinski definition) is 2. The number of halogens is 1. The number of amides is 4. The summed E-state index contributed by atoms with van der Waals surface area (Å²) in [5, 5.41) is 10.6. The van der Waals surface area contributed by atoms with Gasteiger partial charge < -0.3 is 28.9 Å². The minimum Gasteiger partial charge on any atom is -0.444 e. The van der Waals surface area contributed by atoms with Crippen molar-refractivity contribution in [2.45, 2.75) is 66.0 Å². The second-order valence-electron chi connectivity index (χ2n) is 18.8. The fourth-order valence-electron chi connectivity index (χ4n) is 9.13. The number of carbonyl (C=O) groups is 4. The number of nitrogens with one attached hydrogen (secondary N) is 2. The van der Waals surface area contributed by atoms with Crippen LogP contribution in [0.25, 0.3) is 23.3 Å². The quantitative estimate of drug-likeness (QED) is 0.212. The highest BCUT2D eigenvalue weighted by Gasteiger charge is 2.31. The average molecular weight is 947 g/mol. The highest BCUT2D eigenvalue weighted by molar-refractivity contribution is 6.02. The van der Waals surface area contributed by atoms with Crippen molar-refractivity contribution in [3.05, 3.63) is 121 Å². The number of nitrogens with zero attached hydrogens (tertiary/aromatic N) is 8. The van der Waals surface area contributed by atoms with E-state index < -0.39 is 23.4 Å². The van der Waals surface area contributed by atoms with Gasteiger partial charge in [-0.2, -0.15) is 5.10 Å². The van der Waals surface area contributed by atoms with E-state index in [1.54, 1.807) is 89.7 Å². The second kappa shape index (κ2) is 22.1. The number of ether oxygens (including phenoxy) is 1. The van der Waals surface area contributed by atoms with Gasteiger partial charge in [0, 0.05) is 119 Å². The largest absolute Gasteiger partial charge is 0.444 e. The third-order valence-electron chi connectivity index (χ3n) is 12.9. The topological polar surface area (TPSA) is 186 Å². The molecule has 1 aromatic carbocycles. The zero-order valence-corrected chi connectivity index (χ0v) is 40.3. The minimum atomic E-state index is -0.757. The minimum absolute atomic E-state index is 0.00175. The lowest BCUT2D eigenvalue weighted by Crippen LogP contribution is -2.55. The molecular formula is C51H63FN10O7. The van der Waals surface area contributed by atoms with Crippen molar-refractivity contribution in [3.63, 3.8) is 0 Å². The molecule has 3 aliphatic rings. The molecule has 6 heterocycles. The number of hydrogen-bond acceptors (Lipinski definition) is 11. The molecule has 366 valence electrons. The van der Waals surface area contributed by atoms with E-state index in [2.05, 4.69) is 36.9 Å². The molecular weight excluding hydrogens is 884 g/mol. The molecule has 0 atom stereocenters. The van der Waals surface area contributed by atoms with Gasteiger partial charge in [0.2, 0.25) is 5.91 Å². The highest BCUT2D eigenvalue weighted by atomic mass is 19.1. The first-order valence-corrected chi connectivity index (χ1v) is 23.7. The van der Waals surface area contributed by atoms with E-state index in [1.807, 2.05) is 6.92 Å². The standard InChI is InChI=1S/C51H63FN10O7/c1-7-10-39-38(8-2)42(55-56-47(39)65)28-35-11-13-41(52)40(27-35)48(66)62-25-23-60(24-26-62)45(64)33-58-21-19-57(20-22-58)31-34-15-17-61(18-16-34)49(67)46-43(54-50(68)69-51(4,5)6)29-37(30-53-46)36-12-14-44(63)59(9-3)32-36/h7-8,10-14,27,29-30,32,34H,1,9,15-26,28,31,33H2,2-6H3,(H,54,68)(H,56,65)/b38-8+,39-10+. The number of likely N-dealkylation sites (tertiary alicyclic amines) is 1. The summed E-state index contributed by atoms with van der Waals surface area (Å²) in [6, 6.07) is 9.27. The zero-order chi connectivity index (χ0) is 49.4. The predicted molar refractivity (Wildman–Crippen MR) is 262 cm³/mol. The number of carbonyl (C=O) groups excluding carboxylic acids is 4. The van der Waals surface area contributed by atoms with Gasteiger partial charge in [0.15, 0.2) is 5.69 Å². The highest BCUT2D eigenvalue weighted by Crippen LogP contribution is 2.28. The molecule has 4 aromatic rings. The number of aryl methyl sites for hydroxylation is 1. The van der Waals surface area contributed by atoms with Crippen LogP contribution in [0.1, 0.15) is 79.6 Å². The van der Waals surface area contributed by atoms with Crippen LogP contribution in [0.2, 0.25) is 0 Å². The summed E-state index contributed by atoms with van der Waals surface area (Å²) in [5.41, 5.74) is 1.66. The van der Waals surface area contributed by atoms with Crippen molar-refractivity contribution in [3.8, 4) is 11.1 Å². The van der Waals surface area contributed by atoms with Gasteiger partial charge in [-0.25, -0.2) is 19.3 Å². The third-order valence-corrected chi connectivity index (χ3v) is 12.9. The molecule has 0 unspecified atom stereocenters. The molecule has 0 saturated carbocycles. The number of anilines is 1. The zero-order valence-electron chi connectivity index (χ0n) is 40.3. The number of benzene rings is 1. The van der Waals surface area contributed by atoms with Gasteiger partial charge in [-0.3, -0.25) is 34.2 Å². The molecule has 0 spiro atoms. The van der Waals surface area contributed by atoms with Gasteiger partial charge in [-0.15, -0.1) is 0 Å². The number of H-pyrrole nitrogens is 1. The van der Waals surface area contributed by atoms with E-state index in [9.17, 15) is 28.8 Å². The molecule has 7 rings (SSSR count). The monoisotopic (exact) mass is 946 g/mol. The van der Waals surface area contributed by atoms with Crippen molar-refractivity contribution >= 4 is 41.7 Å². The van der Waals surface area contributed by atoms with Crippen LogP contribution in [-0.2, 0) is 22.5 Å². The molecule has 3 aromatic heterocycles. The van der Waals surface area contributed by atoms with Crippen molar-refractivity contribution in [2.24, 2.45) is 5.92 Å². The Hall–Kier alpha value is -6.79. The van der Waals surface area contributed by atoms with Crippen molar-refractivity contribution < 1.29 is 28.3 Å². The fraction of sp³-hybridized carbons (Fsp3) is 0.451. The van der Waals surface area contributed by atoms with Gasteiger partial charge >= 0.3 is 6.09 Å². The lowest BCUT2D eigenvalue weighted by molar-refractivity contribution is -0.134. The Morgan fingerprint density at radius 2 is 1.55 bits per heavy atom. The maximum Gasteiger partial charge on any atom is 0.412 e. The number of aromatic amines is 1. The Balaban J connectivity index is 0.866. The smallest absolute Gasteiger partial charge is 0.412 e. The summed E-state index contributed by atoms with van der Waals surface area (Å²) in [4.78, 5) is 92.8. The van der Waals surface area contributed by atoms with Crippen LogP contribution in [-0.4, -0.2) is 152 Å². The van der Waals surface area contributed by atoms with Gasteiger partial charge in [-0.05, 0) is 94.8 Å². The van der Waals surface area contributed by atoms with E-state index in [-0.39, 0.29) is 65.9 Å². The Kier molecular flexibility index (Phi) is 16.0. The molecule has 3 aliphatic heterocycles. The normalized spacial score (nSPS) is 17.0. The molecule has 3 fully saturated rings. The number of piperidine rings is 1. The van der Waals surface area contributed by atoms with E-state index in [0.29, 0.717) is 71.5 Å². The van der Waals surface area contributed by atoms with Gasteiger partial charge in [0.05, 0.1) is 23.5 Å². The second-order valence-corrected chi connectivity index (χ2v) is 18.8. The van der Waals surface area contributed by atoms with Crippen LogP contribution >= 0.6 is 0 Å². The van der Waals surface area contributed by atoms with Gasteiger partial charge in [0.1, 0.15) is 11.4 Å². The summed E-state index contributed by atoms with van der Waals surface area (Å²) in [6.07, 6.45) is 9.42. The summed E-state index contributed by atoms with van der Waals surface area (Å²) in [7, 11) is 0. The molecule has 18 heteroatoms. The lowest BCUT2D eigenvalue weighted by atomic mass is 9.95. The summed E-state index contributed by atoms with van der Waals surface area (Å²) >= 11 is 0. The van der Waals surface area contributed by atoms with Crippen molar-refractivity contribution in [1.82, 2.24) is 44.2 Å². The number of piperazine rings is 2. The van der Waals surface area contributed by atoms with E-state index >= 15 is 4.39 Å². The lowest BCUT2D eigenvalue weighted by Gasteiger charge is -2.40. The molecule has 69 heavy (non-hydrogen) atoms. The first kappa shape index (κ1) is 50.1. The van der Waals surface area contributed by atoms with E-state index in [1.165, 1.54) is 24.3 Å². The van der Waals surface area contributed by atoms with Crippen LogP contribution in [0.15, 0.2) is 71.0 Å². The fourth-order valence-corrected chi connectivity index (χ4v) is 9.13. The molecule has 0 aliphatic carbocycles. The number of pyridine rings is 2. The van der Waals surface area contributed by atoms with Crippen molar-refractivity contribution in [2.75, 3.05) is 83.9 Å². The van der Waals surface area contributed by atoms with Gasteiger partial charge in [-0.1, -0.05) is 24.8 Å². The summed E-state index contributed by atoms with van der Waals surface area (Å²) in [5.74, 6) is -0.963. The predicted octanol–water partition coefficient (Wildman–Crippen LogP) is 3.31. The number of rotatable bonds is 12. The maximum absolute atomic E-state index is 15.1. The van der Waals surface area contributed by atoms with Crippen LogP contribution in [0.5, 0.6) is 0 Å². The molecule has 3 saturated heterocycles. The third kappa shape index (κ3) is 12.5. The van der Waals surface area contributed by atoms with Gasteiger partial charge in [0.25, 0.3) is 22.9 Å². The molecule has 17 nitrogen and oxygen atoms in total. The first-order chi connectivity index (χ1) is 33.0. The van der Waals surface area contributed by atoms with Crippen LogP contribution in [0, 0.1) is 11.7 Å². The first-order valence-electron chi connectivity index (χ1n) is 23.7. The van der Waals surface area contributed by atoms with Crippen LogP contribution in [0.3, 0.4) is 0 Å². The Bertz CT molecular complexity index is 2810. The number of allylic oxidation sites excluding steroid dienone is 1. The molecule has 0 bridgehead atoms. The Labute approximate surface area is 400 Å². The van der Waals surface area contributed by atoms with E-state index in [0.717, 1.165) is 45.6 Å². The summed E-state index contributed by atoms with van der Waals surface area (Å²) < 4.78 is 22.2. The van der Waals surface area contributed by atoms with Crippen LogP contribution < -0.4 is 26.9 Å². The SMILES string of the molecule is C=C/C=c1/c(=O)[nH]nc(Cc2ccc(F)c(C(=O)N3CCN(C(=O)CN4CCN(CC5CCN(C(=O)c6ncc(-c7ccc(=O)n(CC)c7)cc6NC(=O)OC(C)(C)C)CC5)CC4)CC3)c2)/c1=C/C. The Morgan fingerprint density at radius 1 is 0.870 bits per heavy atom.